The van der Waals surface area contributed by atoms with E-state index in [1.165, 1.54) is 4.90 Å². The first kappa shape index (κ1) is 25.1. The van der Waals surface area contributed by atoms with Gasteiger partial charge in [-0.25, -0.2) is 14.8 Å². The first-order chi connectivity index (χ1) is 17.2. The van der Waals surface area contributed by atoms with Crippen LogP contribution in [0.1, 0.15) is 32.8 Å². The fourth-order valence-corrected chi connectivity index (χ4v) is 3.89. The minimum atomic E-state index is -0.875. The highest BCUT2D eigenvalue weighted by Crippen LogP contribution is 2.20. The van der Waals surface area contributed by atoms with Crippen LogP contribution < -0.4 is 5.32 Å². The van der Waals surface area contributed by atoms with Gasteiger partial charge in [0, 0.05) is 31.3 Å². The Kier molecular flexibility index (Phi) is 7.50. The van der Waals surface area contributed by atoms with Crippen LogP contribution in [-0.2, 0) is 20.7 Å². The fourth-order valence-electron chi connectivity index (χ4n) is 3.89. The van der Waals surface area contributed by atoms with Gasteiger partial charge in [0.05, 0.1) is 24.5 Å². The summed E-state index contributed by atoms with van der Waals surface area (Å²) in [4.78, 5) is 38.9. The molecule has 0 saturated carbocycles. The molecule has 10 heteroatoms. The van der Waals surface area contributed by atoms with Gasteiger partial charge in [0.25, 0.3) is 5.91 Å². The third kappa shape index (κ3) is 6.37. The molecule has 0 radical (unpaired) electrons. The lowest BCUT2D eigenvalue weighted by Gasteiger charge is -2.27. The van der Waals surface area contributed by atoms with E-state index in [1.807, 2.05) is 30.3 Å². The number of carbonyl (C=O) groups is 2. The van der Waals surface area contributed by atoms with Gasteiger partial charge < -0.3 is 24.7 Å². The molecule has 4 rings (SSSR count). The van der Waals surface area contributed by atoms with Crippen molar-refractivity contribution >= 4 is 23.2 Å². The van der Waals surface area contributed by atoms with Crippen molar-refractivity contribution in [3.63, 3.8) is 0 Å². The van der Waals surface area contributed by atoms with Crippen LogP contribution in [-0.4, -0.2) is 69.3 Å². The van der Waals surface area contributed by atoms with Crippen molar-refractivity contribution in [2.45, 2.75) is 51.4 Å². The van der Waals surface area contributed by atoms with E-state index >= 15 is 0 Å². The molecule has 0 bridgehead atoms. The Balaban J connectivity index is 1.36. The summed E-state index contributed by atoms with van der Waals surface area (Å²) in [5.41, 5.74) is 3.42. The van der Waals surface area contributed by atoms with Gasteiger partial charge in [-0.05, 0) is 38.8 Å². The molecule has 36 heavy (non-hydrogen) atoms. The van der Waals surface area contributed by atoms with Crippen LogP contribution in [0.2, 0.25) is 0 Å². The van der Waals surface area contributed by atoms with E-state index < -0.39 is 29.7 Å². The summed E-state index contributed by atoms with van der Waals surface area (Å²) in [5, 5.41) is 12.4. The molecule has 2 atom stereocenters. The Morgan fingerprint density at radius 2 is 2.08 bits per heavy atom. The third-order valence-electron chi connectivity index (χ3n) is 5.64. The van der Waals surface area contributed by atoms with E-state index in [1.54, 1.807) is 33.2 Å². The Hall–Kier alpha value is -3.97. The van der Waals surface area contributed by atoms with Gasteiger partial charge in [0.1, 0.15) is 17.2 Å². The number of rotatable bonds is 5. The standard InChI is InChI=1S/C26H30N6O4/c1-26(2,3)36-25(34)32-11-4-12-35-22(16-32)24(33)30-19(14-27)13-17-5-7-18(8-6-17)21-15-29-23-20(31-21)9-10-28-23/h5-10,15,19,22H,4,11-13,16H2,1-3H3,(H,28,29)(H,30,33)/t19-,22-/m0/s1. The topological polar surface area (TPSA) is 133 Å². The molecule has 1 saturated heterocycles. The van der Waals surface area contributed by atoms with Gasteiger partial charge in [0.2, 0.25) is 0 Å². The number of hydrogen-bond donors (Lipinski definition) is 2. The van der Waals surface area contributed by atoms with Crippen LogP contribution in [0.25, 0.3) is 22.4 Å². The molecule has 0 spiro atoms. The highest BCUT2D eigenvalue weighted by atomic mass is 16.6. The minimum Gasteiger partial charge on any atom is -0.444 e. The van der Waals surface area contributed by atoms with Crippen molar-refractivity contribution < 1.29 is 19.1 Å². The zero-order chi connectivity index (χ0) is 25.7. The van der Waals surface area contributed by atoms with E-state index in [-0.39, 0.29) is 6.54 Å². The Labute approximate surface area is 209 Å². The first-order valence-corrected chi connectivity index (χ1v) is 11.9. The largest absolute Gasteiger partial charge is 0.444 e. The third-order valence-corrected chi connectivity index (χ3v) is 5.64. The molecule has 1 aliphatic heterocycles. The lowest BCUT2D eigenvalue weighted by Crippen LogP contribution is -2.48. The Morgan fingerprint density at radius 1 is 1.31 bits per heavy atom. The number of H-pyrrole nitrogens is 1. The van der Waals surface area contributed by atoms with Gasteiger partial charge in [-0.3, -0.25) is 4.79 Å². The maximum Gasteiger partial charge on any atom is 0.410 e. The number of aromatic amines is 1. The Bertz CT molecular complexity index is 1260. The van der Waals surface area contributed by atoms with Crippen molar-refractivity contribution in [3.05, 3.63) is 48.3 Å². The van der Waals surface area contributed by atoms with E-state index in [9.17, 15) is 14.9 Å². The molecule has 1 fully saturated rings. The second-order valence-corrected chi connectivity index (χ2v) is 9.70. The summed E-state index contributed by atoms with van der Waals surface area (Å²) in [5.74, 6) is -0.427. The predicted octanol–water partition coefficient (Wildman–Crippen LogP) is 3.20. The zero-order valence-electron chi connectivity index (χ0n) is 20.7. The smallest absolute Gasteiger partial charge is 0.410 e. The molecule has 10 nitrogen and oxygen atoms in total. The molecule has 3 heterocycles. The summed E-state index contributed by atoms with van der Waals surface area (Å²) in [6, 6.07) is 10.9. The second kappa shape index (κ2) is 10.7. The Morgan fingerprint density at radius 3 is 2.81 bits per heavy atom. The molecule has 3 aromatic rings. The average molecular weight is 491 g/mol. The van der Waals surface area contributed by atoms with Crippen LogP contribution in [0.5, 0.6) is 0 Å². The molecule has 0 aliphatic carbocycles. The van der Waals surface area contributed by atoms with Crippen molar-refractivity contribution in [2.75, 3.05) is 19.7 Å². The van der Waals surface area contributed by atoms with Crippen LogP contribution >= 0.6 is 0 Å². The van der Waals surface area contributed by atoms with Crippen molar-refractivity contribution in [2.24, 2.45) is 0 Å². The normalized spacial score (nSPS) is 17.2. The predicted molar refractivity (Wildman–Crippen MR) is 133 cm³/mol. The van der Waals surface area contributed by atoms with Crippen molar-refractivity contribution in [1.82, 2.24) is 25.2 Å². The summed E-state index contributed by atoms with van der Waals surface area (Å²) in [6.07, 6.45) is 3.07. The lowest BCUT2D eigenvalue weighted by atomic mass is 10.0. The van der Waals surface area contributed by atoms with Gasteiger partial charge >= 0.3 is 6.09 Å². The molecular weight excluding hydrogens is 460 g/mol. The number of aromatic nitrogens is 3. The molecular formula is C26H30N6O4. The maximum atomic E-state index is 12.9. The van der Waals surface area contributed by atoms with E-state index in [4.69, 9.17) is 9.47 Å². The second-order valence-electron chi connectivity index (χ2n) is 9.70. The fraction of sp³-hybridized carbons (Fsp3) is 0.423. The van der Waals surface area contributed by atoms with E-state index in [2.05, 4.69) is 26.3 Å². The summed E-state index contributed by atoms with van der Waals surface area (Å²) < 4.78 is 11.1. The molecule has 188 valence electrons. The van der Waals surface area contributed by atoms with Gasteiger partial charge in [-0.2, -0.15) is 5.26 Å². The quantitative estimate of drug-likeness (QED) is 0.561. The average Bonchev–Trinajstić information content (AvgIpc) is 3.17. The number of carbonyl (C=O) groups excluding carboxylic acids is 2. The van der Waals surface area contributed by atoms with Crippen LogP contribution in [0, 0.1) is 11.3 Å². The first-order valence-electron chi connectivity index (χ1n) is 11.9. The van der Waals surface area contributed by atoms with Crippen molar-refractivity contribution in [3.8, 4) is 17.3 Å². The van der Waals surface area contributed by atoms with Crippen LogP contribution in [0.3, 0.4) is 0 Å². The molecule has 1 aliphatic rings. The molecule has 2 aromatic heterocycles. The number of amides is 2. The highest BCUT2D eigenvalue weighted by molar-refractivity contribution is 5.82. The summed E-state index contributed by atoms with van der Waals surface area (Å²) in [7, 11) is 0. The monoisotopic (exact) mass is 490 g/mol. The molecule has 1 aromatic carbocycles. The van der Waals surface area contributed by atoms with Gasteiger partial charge in [0.15, 0.2) is 11.8 Å². The van der Waals surface area contributed by atoms with Crippen LogP contribution in [0.15, 0.2) is 42.7 Å². The van der Waals surface area contributed by atoms with Gasteiger partial charge in [-0.15, -0.1) is 0 Å². The number of benzene rings is 1. The summed E-state index contributed by atoms with van der Waals surface area (Å²) in [6.45, 7) is 6.23. The zero-order valence-corrected chi connectivity index (χ0v) is 20.7. The SMILES string of the molecule is CC(C)(C)OC(=O)N1CCCO[C@H](C(=O)N[C@H](C#N)Cc2ccc(-c3cnc4[nH]ccc4n3)cc2)C1. The van der Waals surface area contributed by atoms with Crippen molar-refractivity contribution in [1.29, 1.82) is 5.26 Å². The number of fused-ring (bicyclic) bond motifs is 1. The lowest BCUT2D eigenvalue weighted by molar-refractivity contribution is -0.133. The number of nitriles is 1. The molecule has 2 amide bonds. The molecule has 0 unspecified atom stereocenters. The summed E-state index contributed by atoms with van der Waals surface area (Å²) >= 11 is 0. The van der Waals surface area contributed by atoms with Crippen LogP contribution in [0.4, 0.5) is 4.79 Å². The number of nitrogens with one attached hydrogen (secondary N) is 2. The van der Waals surface area contributed by atoms with E-state index in [0.717, 1.165) is 28.0 Å². The maximum absolute atomic E-state index is 12.9. The minimum absolute atomic E-state index is 0.0696. The number of ether oxygens (including phenoxy) is 2. The van der Waals surface area contributed by atoms with E-state index in [0.29, 0.717) is 26.0 Å². The highest BCUT2D eigenvalue weighted by Gasteiger charge is 2.31. The number of hydrogen-bond acceptors (Lipinski definition) is 7. The van der Waals surface area contributed by atoms with Gasteiger partial charge in [-0.1, -0.05) is 24.3 Å². The number of nitrogens with zero attached hydrogens (tertiary/aromatic N) is 4. The molecule has 2 N–H and O–H groups in total.